The Balaban J connectivity index is 0.00000133. The molecule has 1 aliphatic carbocycles. The zero-order valence-electron chi connectivity index (χ0n) is 10.5. The summed E-state index contributed by atoms with van der Waals surface area (Å²) in [5.74, 6) is 1.09. The first kappa shape index (κ1) is 14.8. The minimum Gasteiger partial charge on any atom is -0.333 e. The van der Waals surface area contributed by atoms with Gasteiger partial charge >= 0.3 is 0 Å². The van der Waals surface area contributed by atoms with Crippen LogP contribution in [-0.2, 0) is 5.54 Å². The summed E-state index contributed by atoms with van der Waals surface area (Å²) in [6.07, 6.45) is 4.09. The largest absolute Gasteiger partial charge is 0.333 e. The molecule has 0 bridgehead atoms. The van der Waals surface area contributed by atoms with Crippen LogP contribution in [0.1, 0.15) is 37.1 Å². The Bertz CT molecular complexity index is 575. The van der Waals surface area contributed by atoms with Crippen LogP contribution in [0.2, 0.25) is 5.02 Å². The van der Waals surface area contributed by atoms with Gasteiger partial charge in [-0.2, -0.15) is 4.98 Å². The number of halogens is 2. The summed E-state index contributed by atoms with van der Waals surface area (Å²) in [4.78, 5) is 5.26. The number of aryl methyl sites for hydroxylation is 1. The highest BCUT2D eigenvalue weighted by molar-refractivity contribution is 7.14. The average molecular weight is 320 g/mol. The van der Waals surface area contributed by atoms with Gasteiger partial charge in [0.25, 0.3) is 5.89 Å². The summed E-state index contributed by atoms with van der Waals surface area (Å²) in [5.41, 5.74) is 6.91. The molecule has 1 fully saturated rings. The van der Waals surface area contributed by atoms with Crippen molar-refractivity contribution in [3.05, 3.63) is 21.8 Å². The van der Waals surface area contributed by atoms with Crippen molar-refractivity contribution in [3.63, 3.8) is 0 Å². The van der Waals surface area contributed by atoms with Crippen molar-refractivity contribution in [2.45, 2.75) is 38.1 Å². The summed E-state index contributed by atoms with van der Waals surface area (Å²) >= 11 is 7.71. The highest BCUT2D eigenvalue weighted by atomic mass is 35.5. The second-order valence-electron chi connectivity index (χ2n) is 4.85. The van der Waals surface area contributed by atoms with Crippen LogP contribution >= 0.6 is 35.3 Å². The number of hydrogen-bond acceptors (Lipinski definition) is 5. The lowest BCUT2D eigenvalue weighted by atomic mass is 9.99. The van der Waals surface area contributed by atoms with E-state index in [-0.39, 0.29) is 12.4 Å². The molecule has 1 aliphatic rings. The summed E-state index contributed by atoms with van der Waals surface area (Å²) in [7, 11) is 0. The molecule has 0 radical (unpaired) electrons. The molecule has 0 spiro atoms. The smallest absolute Gasteiger partial charge is 0.269 e. The van der Waals surface area contributed by atoms with Crippen LogP contribution in [0.25, 0.3) is 10.8 Å². The van der Waals surface area contributed by atoms with Crippen molar-refractivity contribution in [2.75, 3.05) is 0 Å². The van der Waals surface area contributed by atoms with Crippen LogP contribution in [0.4, 0.5) is 0 Å². The average Bonchev–Trinajstić information content (AvgIpc) is 3.03. The maximum absolute atomic E-state index is 6.30. The van der Waals surface area contributed by atoms with Crippen molar-refractivity contribution < 1.29 is 4.52 Å². The summed E-state index contributed by atoms with van der Waals surface area (Å²) in [5, 5.41) is 6.70. The Hall–Kier alpha value is -0.620. The molecule has 1 saturated carbocycles. The van der Waals surface area contributed by atoms with E-state index in [4.69, 9.17) is 21.9 Å². The van der Waals surface area contributed by atoms with E-state index in [0.29, 0.717) is 16.7 Å². The number of nitrogens with two attached hydrogens (primary N) is 1. The van der Waals surface area contributed by atoms with Gasteiger partial charge in [0.05, 0.1) is 10.6 Å². The molecular formula is C12H15Cl2N3OS. The van der Waals surface area contributed by atoms with Gasteiger partial charge < -0.3 is 10.3 Å². The molecule has 19 heavy (non-hydrogen) atoms. The zero-order valence-corrected chi connectivity index (χ0v) is 12.9. The van der Waals surface area contributed by atoms with Crippen LogP contribution in [0, 0.1) is 6.92 Å². The van der Waals surface area contributed by atoms with Crippen molar-refractivity contribution in [1.29, 1.82) is 0 Å². The topological polar surface area (TPSA) is 64.9 Å². The number of nitrogens with zero attached hydrogens (tertiary/aromatic N) is 2. The van der Waals surface area contributed by atoms with Crippen molar-refractivity contribution in [1.82, 2.24) is 10.1 Å². The molecule has 0 aliphatic heterocycles. The summed E-state index contributed by atoms with van der Waals surface area (Å²) in [6, 6.07) is 0. The predicted octanol–water partition coefficient (Wildman–Crippen LogP) is 3.91. The first-order valence-corrected chi connectivity index (χ1v) is 7.23. The molecule has 0 unspecified atom stereocenters. The van der Waals surface area contributed by atoms with Crippen LogP contribution in [0.15, 0.2) is 9.90 Å². The van der Waals surface area contributed by atoms with Gasteiger partial charge in [-0.25, -0.2) is 0 Å². The number of aromatic nitrogens is 2. The first-order chi connectivity index (χ1) is 8.60. The lowest BCUT2D eigenvalue weighted by molar-refractivity contribution is 0.373. The maximum atomic E-state index is 6.30. The molecule has 104 valence electrons. The minimum atomic E-state index is -0.416. The molecule has 0 aromatic carbocycles. The molecule has 7 heteroatoms. The van der Waals surface area contributed by atoms with Crippen molar-refractivity contribution in [2.24, 2.45) is 5.73 Å². The van der Waals surface area contributed by atoms with E-state index in [0.717, 1.165) is 36.1 Å². The second-order valence-corrected chi connectivity index (χ2v) is 6.11. The Kier molecular flexibility index (Phi) is 4.20. The van der Waals surface area contributed by atoms with Gasteiger partial charge in [0, 0.05) is 0 Å². The quantitative estimate of drug-likeness (QED) is 0.911. The van der Waals surface area contributed by atoms with Crippen molar-refractivity contribution in [3.8, 4) is 10.8 Å². The molecule has 0 saturated heterocycles. The maximum Gasteiger partial charge on any atom is 0.269 e. The van der Waals surface area contributed by atoms with E-state index in [2.05, 4.69) is 10.1 Å². The third-order valence-corrected chi connectivity index (χ3v) is 5.15. The fourth-order valence-corrected chi connectivity index (χ4v) is 3.52. The number of hydrogen-bond donors (Lipinski definition) is 1. The van der Waals surface area contributed by atoms with Gasteiger partial charge in [-0.1, -0.05) is 29.6 Å². The van der Waals surface area contributed by atoms with Gasteiger partial charge in [0.15, 0.2) is 5.82 Å². The summed E-state index contributed by atoms with van der Waals surface area (Å²) < 4.78 is 5.31. The Morgan fingerprint density at radius 2 is 2.11 bits per heavy atom. The van der Waals surface area contributed by atoms with Gasteiger partial charge in [0.1, 0.15) is 4.88 Å². The Labute approximate surface area is 126 Å². The predicted molar refractivity (Wildman–Crippen MR) is 78.9 cm³/mol. The third-order valence-electron chi connectivity index (χ3n) is 3.46. The van der Waals surface area contributed by atoms with Gasteiger partial charge in [-0.3, -0.25) is 0 Å². The molecule has 0 atom stereocenters. The van der Waals surface area contributed by atoms with Crippen LogP contribution in [0.5, 0.6) is 0 Å². The highest BCUT2D eigenvalue weighted by Gasteiger charge is 2.36. The summed E-state index contributed by atoms with van der Waals surface area (Å²) in [6.45, 7) is 1.96. The Morgan fingerprint density at radius 1 is 1.42 bits per heavy atom. The van der Waals surface area contributed by atoms with E-state index >= 15 is 0 Å². The van der Waals surface area contributed by atoms with Crippen molar-refractivity contribution >= 4 is 35.3 Å². The van der Waals surface area contributed by atoms with Gasteiger partial charge in [0.2, 0.25) is 0 Å². The highest BCUT2D eigenvalue weighted by Crippen LogP contribution is 2.38. The van der Waals surface area contributed by atoms with Crippen LogP contribution in [-0.4, -0.2) is 10.1 Å². The lowest BCUT2D eigenvalue weighted by Crippen LogP contribution is -2.34. The van der Waals surface area contributed by atoms with Crippen LogP contribution < -0.4 is 5.73 Å². The van der Waals surface area contributed by atoms with E-state index in [1.165, 1.54) is 11.3 Å². The second kappa shape index (κ2) is 5.40. The number of rotatable bonds is 2. The minimum absolute atomic E-state index is 0. The fourth-order valence-electron chi connectivity index (χ4n) is 2.32. The zero-order chi connectivity index (χ0) is 12.8. The normalized spacial score (nSPS) is 17.4. The lowest BCUT2D eigenvalue weighted by Gasteiger charge is -2.17. The molecule has 2 aromatic heterocycles. The molecule has 2 heterocycles. The SMILES string of the molecule is Cc1csc(-c2nc(C3(N)CCCC3)no2)c1Cl.Cl. The molecule has 4 nitrogen and oxygen atoms in total. The van der Waals surface area contributed by atoms with Gasteiger partial charge in [-0.05, 0) is 30.7 Å². The van der Waals surface area contributed by atoms with E-state index in [1.54, 1.807) is 0 Å². The molecule has 2 N–H and O–H groups in total. The first-order valence-electron chi connectivity index (χ1n) is 5.97. The molecule has 2 aromatic rings. The fraction of sp³-hybridized carbons (Fsp3) is 0.500. The molecular weight excluding hydrogens is 305 g/mol. The Morgan fingerprint density at radius 3 is 2.68 bits per heavy atom. The molecule has 0 amide bonds. The van der Waals surface area contributed by atoms with E-state index in [9.17, 15) is 0 Å². The van der Waals surface area contributed by atoms with E-state index in [1.807, 2.05) is 12.3 Å². The monoisotopic (exact) mass is 319 g/mol. The standard InChI is InChI=1S/C12H14ClN3OS.ClH/c1-7-6-18-9(8(7)13)10-15-11(16-17-10)12(14)4-2-3-5-12;/h6H,2-5,14H2,1H3;1H. The third kappa shape index (κ3) is 2.52. The van der Waals surface area contributed by atoms with Gasteiger partial charge in [-0.15, -0.1) is 23.7 Å². The molecule has 3 rings (SSSR count). The number of thiophene rings is 1. The van der Waals surface area contributed by atoms with Crippen LogP contribution in [0.3, 0.4) is 0 Å². The van der Waals surface area contributed by atoms with E-state index < -0.39 is 5.54 Å².